The van der Waals surface area contributed by atoms with Crippen LogP contribution in [0.15, 0.2) is 47.4 Å². The minimum Gasteiger partial charge on any atom is -0.423 e. The van der Waals surface area contributed by atoms with Crippen molar-refractivity contribution in [1.29, 1.82) is 0 Å². The number of nitrogens with one attached hydrogen (secondary N) is 1. The first-order chi connectivity index (χ1) is 11.4. The number of benzene rings is 2. The van der Waals surface area contributed by atoms with Crippen molar-refractivity contribution in [3.8, 4) is 0 Å². The summed E-state index contributed by atoms with van der Waals surface area (Å²) in [5.74, 6) is 0.344. The van der Waals surface area contributed by atoms with Crippen molar-refractivity contribution in [1.82, 2.24) is 0 Å². The van der Waals surface area contributed by atoms with Crippen LogP contribution in [0.4, 0.5) is 5.69 Å². The monoisotopic (exact) mass is 345 g/mol. The highest BCUT2D eigenvalue weighted by molar-refractivity contribution is 7.92. The molecule has 2 aromatic rings. The summed E-state index contributed by atoms with van der Waals surface area (Å²) in [4.78, 5) is 0.210. The maximum Gasteiger partial charge on any atom is 0.491 e. The molecule has 0 unspecified atom stereocenters. The number of sulfonamides is 1. The van der Waals surface area contributed by atoms with Crippen LogP contribution in [-0.2, 0) is 21.1 Å². The van der Waals surface area contributed by atoms with E-state index in [1.54, 1.807) is 24.3 Å². The second kappa shape index (κ2) is 6.59. The van der Waals surface area contributed by atoms with Gasteiger partial charge in [-0.2, -0.15) is 0 Å². The minimum absolute atomic E-state index is 0.210. The number of anilines is 1. The van der Waals surface area contributed by atoms with Crippen molar-refractivity contribution in [2.45, 2.75) is 31.1 Å². The van der Waals surface area contributed by atoms with E-state index in [-0.39, 0.29) is 4.90 Å². The van der Waals surface area contributed by atoms with Crippen LogP contribution in [0.25, 0.3) is 0 Å². The molecule has 0 bridgehead atoms. The zero-order valence-corrected chi connectivity index (χ0v) is 14.5. The highest BCUT2D eigenvalue weighted by Gasteiger charge is 2.25. The summed E-state index contributed by atoms with van der Waals surface area (Å²) in [6.45, 7) is 4.58. The molecule has 0 saturated carbocycles. The van der Waals surface area contributed by atoms with Crippen molar-refractivity contribution >= 4 is 28.3 Å². The maximum atomic E-state index is 12.5. The average Bonchev–Trinajstić information content (AvgIpc) is 2.55. The maximum absolute atomic E-state index is 12.5. The molecule has 1 aliphatic heterocycles. The van der Waals surface area contributed by atoms with Gasteiger partial charge in [-0.25, -0.2) is 8.42 Å². The summed E-state index contributed by atoms with van der Waals surface area (Å²) in [6.07, 6.45) is 0.704. The van der Waals surface area contributed by atoms with E-state index in [2.05, 4.69) is 18.6 Å². The Labute approximate surface area is 142 Å². The minimum atomic E-state index is -3.67. The number of hydrogen-bond acceptors (Lipinski definition) is 4. The van der Waals surface area contributed by atoms with Crippen molar-refractivity contribution in [3.63, 3.8) is 0 Å². The Morgan fingerprint density at radius 2 is 1.88 bits per heavy atom. The molecule has 2 aromatic carbocycles. The van der Waals surface area contributed by atoms with Crippen molar-refractivity contribution < 1.29 is 18.1 Å². The molecule has 1 aliphatic rings. The summed E-state index contributed by atoms with van der Waals surface area (Å²) < 4.78 is 32.8. The normalized spacial score (nSPS) is 14.6. The zero-order chi connectivity index (χ0) is 17.3. The van der Waals surface area contributed by atoms with Crippen molar-refractivity contribution in [2.75, 3.05) is 11.3 Å². The molecule has 1 heterocycles. The Balaban J connectivity index is 1.85. The third-order valence-electron chi connectivity index (χ3n) is 4.17. The zero-order valence-electron chi connectivity index (χ0n) is 13.7. The van der Waals surface area contributed by atoms with E-state index in [9.17, 15) is 13.4 Å². The molecule has 24 heavy (non-hydrogen) atoms. The predicted octanol–water partition coefficient (Wildman–Crippen LogP) is 1.87. The Bertz CT molecular complexity index is 834. The van der Waals surface area contributed by atoms with E-state index in [1.807, 2.05) is 18.2 Å². The fraction of sp³-hybridized carbons (Fsp3) is 0.294. The van der Waals surface area contributed by atoms with Gasteiger partial charge in [0.05, 0.1) is 4.90 Å². The largest absolute Gasteiger partial charge is 0.491 e. The molecule has 0 aromatic heterocycles. The lowest BCUT2D eigenvalue weighted by atomic mass is 9.73. The number of rotatable bonds is 4. The van der Waals surface area contributed by atoms with Gasteiger partial charge in [-0.15, -0.1) is 0 Å². The molecule has 0 aliphatic carbocycles. The molecule has 0 spiro atoms. The van der Waals surface area contributed by atoms with Crippen LogP contribution in [-0.4, -0.2) is 27.2 Å². The van der Waals surface area contributed by atoms with E-state index < -0.39 is 17.1 Å². The molecule has 0 amide bonds. The summed E-state index contributed by atoms with van der Waals surface area (Å²) in [6, 6.07) is 12.0. The van der Waals surface area contributed by atoms with Gasteiger partial charge in [-0.1, -0.05) is 32.0 Å². The van der Waals surface area contributed by atoms with E-state index in [0.717, 1.165) is 11.1 Å². The van der Waals surface area contributed by atoms with E-state index >= 15 is 0 Å². The highest BCUT2D eigenvalue weighted by atomic mass is 32.2. The third kappa shape index (κ3) is 3.48. The number of fused-ring (bicyclic) bond motifs is 1. The van der Waals surface area contributed by atoms with E-state index in [0.29, 0.717) is 30.1 Å². The molecule has 2 N–H and O–H groups in total. The lowest BCUT2D eigenvalue weighted by Gasteiger charge is -2.20. The fourth-order valence-electron chi connectivity index (χ4n) is 2.73. The van der Waals surface area contributed by atoms with Gasteiger partial charge < -0.3 is 9.68 Å². The van der Waals surface area contributed by atoms with Gasteiger partial charge in [0.2, 0.25) is 0 Å². The van der Waals surface area contributed by atoms with Gasteiger partial charge in [0.1, 0.15) is 0 Å². The quantitative estimate of drug-likeness (QED) is 0.830. The topological polar surface area (TPSA) is 75.6 Å². The van der Waals surface area contributed by atoms with Crippen molar-refractivity contribution in [2.24, 2.45) is 0 Å². The summed E-state index contributed by atoms with van der Waals surface area (Å²) in [5.41, 5.74) is 3.07. The van der Waals surface area contributed by atoms with Gasteiger partial charge >= 0.3 is 7.12 Å². The molecule has 126 valence electrons. The van der Waals surface area contributed by atoms with Gasteiger partial charge in [-0.05, 0) is 53.2 Å². The number of hydrogen-bond donors (Lipinski definition) is 2. The molecule has 0 saturated heterocycles. The van der Waals surface area contributed by atoms with Crippen LogP contribution in [0.5, 0.6) is 0 Å². The lowest BCUT2D eigenvalue weighted by molar-refractivity contribution is 0.266. The van der Waals surface area contributed by atoms with Crippen LogP contribution >= 0.6 is 0 Å². The summed E-state index contributed by atoms with van der Waals surface area (Å²) >= 11 is 0. The smallest absolute Gasteiger partial charge is 0.423 e. The first-order valence-corrected chi connectivity index (χ1v) is 9.40. The molecule has 3 rings (SSSR count). The van der Waals surface area contributed by atoms with Crippen molar-refractivity contribution in [3.05, 3.63) is 53.6 Å². The molecule has 0 radical (unpaired) electrons. The highest BCUT2D eigenvalue weighted by Crippen LogP contribution is 2.20. The standard InChI is InChI=1S/C17H20BNO4S/c1-12(2)13-4-7-16(8-5-13)24(21,22)19-15-6-3-14-9-10-23-18(20)17(14)11-15/h3-8,11-12,19-20H,9-10H2,1-2H3. The SMILES string of the molecule is CC(C)c1ccc(S(=O)(=O)Nc2ccc3c(c2)B(O)OCC3)cc1. The van der Waals surface area contributed by atoms with E-state index in [4.69, 9.17) is 4.65 Å². The fourth-order valence-corrected chi connectivity index (χ4v) is 3.78. The van der Waals surface area contributed by atoms with Gasteiger partial charge in [0.25, 0.3) is 10.0 Å². The molecule has 5 nitrogen and oxygen atoms in total. The first kappa shape index (κ1) is 17.0. The van der Waals surface area contributed by atoms with Gasteiger partial charge in [-0.3, -0.25) is 4.72 Å². The third-order valence-corrected chi connectivity index (χ3v) is 5.57. The first-order valence-electron chi connectivity index (χ1n) is 7.92. The lowest BCUT2D eigenvalue weighted by Crippen LogP contribution is -2.41. The van der Waals surface area contributed by atoms with Crippen LogP contribution in [0.1, 0.15) is 30.9 Å². The molecule has 7 heteroatoms. The van der Waals surface area contributed by atoms with Gasteiger partial charge in [0.15, 0.2) is 0 Å². The molecular weight excluding hydrogens is 325 g/mol. The van der Waals surface area contributed by atoms with Crippen LogP contribution < -0.4 is 10.2 Å². The Hall–Kier alpha value is -1.83. The predicted molar refractivity (Wildman–Crippen MR) is 95.0 cm³/mol. The second-order valence-electron chi connectivity index (χ2n) is 6.22. The Morgan fingerprint density at radius 1 is 1.17 bits per heavy atom. The van der Waals surface area contributed by atoms with Crippen LogP contribution in [0.3, 0.4) is 0 Å². The van der Waals surface area contributed by atoms with Crippen LogP contribution in [0.2, 0.25) is 0 Å². The Kier molecular flexibility index (Phi) is 4.67. The summed E-state index contributed by atoms with van der Waals surface area (Å²) in [7, 11) is -4.68. The average molecular weight is 345 g/mol. The molecule has 0 fully saturated rings. The summed E-state index contributed by atoms with van der Waals surface area (Å²) in [5, 5.41) is 9.88. The van der Waals surface area contributed by atoms with E-state index in [1.165, 1.54) is 0 Å². The molecule has 0 atom stereocenters. The Morgan fingerprint density at radius 3 is 2.54 bits per heavy atom. The van der Waals surface area contributed by atoms with Gasteiger partial charge in [0, 0.05) is 12.3 Å². The molecular formula is C17H20BNO4S. The second-order valence-corrected chi connectivity index (χ2v) is 7.90. The van der Waals surface area contributed by atoms with Crippen LogP contribution in [0, 0.1) is 0 Å².